The highest BCUT2D eigenvalue weighted by Gasteiger charge is 2.18. The van der Waals surface area contributed by atoms with Crippen molar-refractivity contribution in [1.29, 1.82) is 0 Å². The first-order valence-corrected chi connectivity index (χ1v) is 33.6. The summed E-state index contributed by atoms with van der Waals surface area (Å²) in [6, 6.07) is -0.626. The van der Waals surface area contributed by atoms with Gasteiger partial charge in [0.2, 0.25) is 5.91 Å². The van der Waals surface area contributed by atoms with Gasteiger partial charge in [-0.05, 0) is 57.8 Å². The zero-order chi connectivity index (χ0) is 53.6. The van der Waals surface area contributed by atoms with Crippen LogP contribution in [-0.4, -0.2) is 47.4 Å². The second-order valence-electron chi connectivity index (χ2n) is 23.2. The third-order valence-corrected chi connectivity index (χ3v) is 15.7. The van der Waals surface area contributed by atoms with Gasteiger partial charge in [0.25, 0.3) is 0 Å². The summed E-state index contributed by atoms with van der Waals surface area (Å²) in [5, 5.41) is 23.2. The van der Waals surface area contributed by atoms with Gasteiger partial charge in [0, 0.05) is 12.8 Å². The number of hydrogen-bond donors (Lipinski definition) is 3. The zero-order valence-electron chi connectivity index (χ0n) is 50.1. The van der Waals surface area contributed by atoms with Crippen LogP contribution in [0.3, 0.4) is 0 Å². The van der Waals surface area contributed by atoms with Gasteiger partial charge in [0.15, 0.2) is 0 Å². The average molecular weight is 1040 g/mol. The number of carbonyl (C=O) groups excluding carboxylic acids is 2. The van der Waals surface area contributed by atoms with Crippen LogP contribution in [0.25, 0.3) is 0 Å². The van der Waals surface area contributed by atoms with Crippen molar-refractivity contribution >= 4 is 11.9 Å². The van der Waals surface area contributed by atoms with Crippen molar-refractivity contribution in [3.05, 3.63) is 24.3 Å². The van der Waals surface area contributed by atoms with E-state index in [2.05, 4.69) is 31.3 Å². The van der Waals surface area contributed by atoms with Crippen molar-refractivity contribution in [2.45, 2.75) is 386 Å². The summed E-state index contributed by atoms with van der Waals surface area (Å²) >= 11 is 0. The molecule has 0 aromatic heterocycles. The molecule has 0 saturated carbocycles. The Morgan fingerprint density at radius 2 is 0.635 bits per heavy atom. The van der Waals surface area contributed by atoms with Crippen LogP contribution < -0.4 is 5.32 Å². The lowest BCUT2D eigenvalue weighted by Crippen LogP contribution is -2.45. The molecule has 6 nitrogen and oxygen atoms in total. The van der Waals surface area contributed by atoms with E-state index in [0.717, 1.165) is 44.9 Å². The summed E-state index contributed by atoms with van der Waals surface area (Å²) < 4.78 is 5.49. The first-order valence-electron chi connectivity index (χ1n) is 33.6. The van der Waals surface area contributed by atoms with Crippen molar-refractivity contribution in [3.8, 4) is 0 Å². The fourth-order valence-electron chi connectivity index (χ4n) is 10.6. The highest BCUT2D eigenvalue weighted by molar-refractivity contribution is 5.76. The van der Waals surface area contributed by atoms with Gasteiger partial charge in [0.05, 0.1) is 25.4 Å². The van der Waals surface area contributed by atoms with E-state index in [1.165, 1.54) is 302 Å². The van der Waals surface area contributed by atoms with Gasteiger partial charge in [-0.2, -0.15) is 0 Å². The molecule has 0 saturated heterocycles. The van der Waals surface area contributed by atoms with Crippen molar-refractivity contribution in [1.82, 2.24) is 5.32 Å². The van der Waals surface area contributed by atoms with Crippen molar-refractivity contribution in [3.63, 3.8) is 0 Å². The SMILES string of the molecule is CCCCCCCC/C=C\CCCCCCCC(=O)OCCCCCCCCCCCCCCCCCCCCCCCCCCCC(=O)NC(CO)C(O)/C=C/CCCCCCCCCCCCCCCCC. The Bertz CT molecular complexity index is 1150. The number of nitrogens with one attached hydrogen (secondary N) is 1. The molecule has 74 heavy (non-hydrogen) atoms. The minimum Gasteiger partial charge on any atom is -0.466 e. The summed E-state index contributed by atoms with van der Waals surface area (Å²) in [7, 11) is 0. The molecule has 0 spiro atoms. The molecule has 6 heteroatoms. The summed E-state index contributed by atoms with van der Waals surface area (Å²) in [6.07, 6.45) is 79.5. The van der Waals surface area contributed by atoms with Crippen LogP contribution in [0.5, 0.6) is 0 Å². The van der Waals surface area contributed by atoms with E-state index in [9.17, 15) is 19.8 Å². The van der Waals surface area contributed by atoms with Crippen LogP contribution >= 0.6 is 0 Å². The van der Waals surface area contributed by atoms with E-state index in [1.54, 1.807) is 6.08 Å². The first-order chi connectivity index (χ1) is 36.5. The molecule has 2 atom stereocenters. The summed E-state index contributed by atoms with van der Waals surface area (Å²) in [6.45, 7) is 4.93. The first kappa shape index (κ1) is 72.3. The fourth-order valence-corrected chi connectivity index (χ4v) is 10.6. The molecule has 0 aliphatic carbocycles. The lowest BCUT2D eigenvalue weighted by molar-refractivity contribution is -0.143. The minimum absolute atomic E-state index is 0.00858. The maximum absolute atomic E-state index is 12.5. The second-order valence-corrected chi connectivity index (χ2v) is 23.2. The standard InChI is InChI=1S/C68H131NO5/c1-3-5-7-9-11-13-15-17-19-29-33-36-40-44-48-52-56-60-66(71)65(64-70)69-67(72)61-57-53-49-45-41-37-34-30-27-25-23-21-20-22-24-26-28-31-35-39-43-47-51-55-59-63-74-68(73)62-58-54-50-46-42-38-32-18-16-14-12-10-8-6-4-2/h18,32,56,60,65-66,70-71H,3-17,19-31,33-55,57-59,61-64H2,1-2H3,(H,69,72)/b32-18-,60-56+. The number of aliphatic hydroxyl groups excluding tert-OH is 2. The molecule has 0 aromatic carbocycles. The van der Waals surface area contributed by atoms with Crippen LogP contribution in [-0.2, 0) is 14.3 Å². The molecule has 0 radical (unpaired) electrons. The van der Waals surface area contributed by atoms with Crippen molar-refractivity contribution in [2.24, 2.45) is 0 Å². The Balaban J connectivity index is 3.38. The Labute approximate surface area is 462 Å². The number of allylic oxidation sites excluding steroid dienone is 3. The Morgan fingerprint density at radius 1 is 0.365 bits per heavy atom. The number of hydrogen-bond acceptors (Lipinski definition) is 5. The quantitative estimate of drug-likeness (QED) is 0.0320. The number of aliphatic hydroxyl groups is 2. The molecule has 0 aliphatic rings. The lowest BCUT2D eigenvalue weighted by atomic mass is 10.0. The lowest BCUT2D eigenvalue weighted by Gasteiger charge is -2.20. The molecular weight excluding hydrogens is 911 g/mol. The van der Waals surface area contributed by atoms with E-state index in [1.807, 2.05) is 6.08 Å². The van der Waals surface area contributed by atoms with Crippen molar-refractivity contribution in [2.75, 3.05) is 13.2 Å². The number of unbranched alkanes of at least 4 members (excludes halogenated alkanes) is 50. The molecule has 0 aromatic rings. The molecule has 2 unspecified atom stereocenters. The van der Waals surface area contributed by atoms with E-state index in [-0.39, 0.29) is 18.5 Å². The normalized spacial score (nSPS) is 12.6. The van der Waals surface area contributed by atoms with Crippen LogP contribution in [0.15, 0.2) is 24.3 Å². The van der Waals surface area contributed by atoms with Crippen LogP contribution in [0.4, 0.5) is 0 Å². The van der Waals surface area contributed by atoms with Crippen LogP contribution in [0, 0.1) is 0 Å². The molecule has 0 fully saturated rings. The molecule has 438 valence electrons. The molecular formula is C68H131NO5. The molecule has 0 rings (SSSR count). The zero-order valence-corrected chi connectivity index (χ0v) is 50.1. The topological polar surface area (TPSA) is 95.9 Å². The molecule has 0 aliphatic heterocycles. The predicted octanol–water partition coefficient (Wildman–Crippen LogP) is 21.4. The monoisotopic (exact) mass is 1040 g/mol. The third kappa shape index (κ3) is 59.6. The number of ether oxygens (including phenoxy) is 1. The number of carbonyl (C=O) groups is 2. The van der Waals surface area contributed by atoms with Gasteiger partial charge in [-0.25, -0.2) is 0 Å². The molecule has 0 bridgehead atoms. The highest BCUT2D eigenvalue weighted by Crippen LogP contribution is 2.18. The maximum atomic E-state index is 12.5. The third-order valence-electron chi connectivity index (χ3n) is 15.7. The number of rotatable bonds is 63. The molecule has 3 N–H and O–H groups in total. The highest BCUT2D eigenvalue weighted by atomic mass is 16.5. The maximum Gasteiger partial charge on any atom is 0.305 e. The van der Waals surface area contributed by atoms with Crippen LogP contribution in [0.1, 0.15) is 373 Å². The largest absolute Gasteiger partial charge is 0.466 e. The predicted molar refractivity (Wildman–Crippen MR) is 324 cm³/mol. The molecule has 0 heterocycles. The van der Waals surface area contributed by atoms with E-state index < -0.39 is 12.1 Å². The fraction of sp³-hybridized carbons (Fsp3) is 0.912. The van der Waals surface area contributed by atoms with Crippen LogP contribution in [0.2, 0.25) is 0 Å². The summed E-state index contributed by atoms with van der Waals surface area (Å²) in [4.78, 5) is 24.6. The summed E-state index contributed by atoms with van der Waals surface area (Å²) in [5.74, 6) is -0.0549. The van der Waals surface area contributed by atoms with E-state index in [4.69, 9.17) is 4.74 Å². The Morgan fingerprint density at radius 3 is 0.959 bits per heavy atom. The Kier molecular flexibility index (Phi) is 62.4. The van der Waals surface area contributed by atoms with Gasteiger partial charge < -0.3 is 20.3 Å². The minimum atomic E-state index is -0.843. The van der Waals surface area contributed by atoms with Gasteiger partial charge in [-0.15, -0.1) is 0 Å². The number of esters is 1. The number of amides is 1. The average Bonchev–Trinajstić information content (AvgIpc) is 3.40. The smallest absolute Gasteiger partial charge is 0.305 e. The van der Waals surface area contributed by atoms with Crippen molar-refractivity contribution < 1.29 is 24.5 Å². The molecule has 1 amide bonds. The second kappa shape index (κ2) is 63.9. The van der Waals surface area contributed by atoms with Gasteiger partial charge in [-0.1, -0.05) is 327 Å². The Hall–Kier alpha value is -1.66. The van der Waals surface area contributed by atoms with E-state index >= 15 is 0 Å². The summed E-state index contributed by atoms with van der Waals surface area (Å²) in [5.41, 5.74) is 0. The van der Waals surface area contributed by atoms with E-state index in [0.29, 0.717) is 19.4 Å². The van der Waals surface area contributed by atoms with Gasteiger partial charge in [-0.3, -0.25) is 9.59 Å². The van der Waals surface area contributed by atoms with Gasteiger partial charge in [0.1, 0.15) is 0 Å². The van der Waals surface area contributed by atoms with Gasteiger partial charge >= 0.3 is 5.97 Å².